The van der Waals surface area contributed by atoms with Crippen molar-refractivity contribution in [3.05, 3.63) is 35.5 Å². The third kappa shape index (κ3) is 2.22. The summed E-state index contributed by atoms with van der Waals surface area (Å²) < 4.78 is 5.12. The fraction of sp³-hybridized carbons (Fsp3) is 0.375. The van der Waals surface area contributed by atoms with Gasteiger partial charge in [-0.2, -0.15) is 0 Å². The Kier molecular flexibility index (Phi) is 3.08. The molecule has 1 aromatic heterocycles. The molecule has 1 heterocycles. The van der Waals surface area contributed by atoms with Gasteiger partial charge in [-0.15, -0.1) is 0 Å². The van der Waals surface area contributed by atoms with Gasteiger partial charge in [0.05, 0.1) is 5.92 Å². The first-order valence-electron chi connectivity index (χ1n) is 6.85. The molecule has 0 radical (unpaired) electrons. The number of H-pyrrole nitrogens is 1. The second kappa shape index (κ2) is 4.78. The third-order valence-corrected chi connectivity index (χ3v) is 3.93. The summed E-state index contributed by atoms with van der Waals surface area (Å²) in [4.78, 5) is 27.1. The summed E-state index contributed by atoms with van der Waals surface area (Å²) in [6.45, 7) is 3.69. The van der Waals surface area contributed by atoms with E-state index in [9.17, 15) is 9.59 Å². The Morgan fingerprint density at radius 1 is 1.35 bits per heavy atom. The molecule has 1 N–H and O–H groups in total. The van der Waals surface area contributed by atoms with Gasteiger partial charge in [0, 0.05) is 22.2 Å². The van der Waals surface area contributed by atoms with Gasteiger partial charge in [-0.1, -0.05) is 25.1 Å². The van der Waals surface area contributed by atoms with Crippen LogP contribution in [0.4, 0.5) is 0 Å². The summed E-state index contributed by atoms with van der Waals surface area (Å²) in [5.74, 6) is -0.00996. The molecule has 1 aliphatic rings. The Hall–Kier alpha value is -2.10. The zero-order chi connectivity index (χ0) is 14.3. The quantitative estimate of drug-likeness (QED) is 0.687. The molecule has 0 unspecified atom stereocenters. The van der Waals surface area contributed by atoms with Gasteiger partial charge >= 0.3 is 5.97 Å². The van der Waals surface area contributed by atoms with E-state index in [1.54, 1.807) is 0 Å². The summed E-state index contributed by atoms with van der Waals surface area (Å²) in [6.07, 6.45) is 0.874. The van der Waals surface area contributed by atoms with E-state index in [-0.39, 0.29) is 24.3 Å². The van der Waals surface area contributed by atoms with Gasteiger partial charge in [-0.05, 0) is 25.3 Å². The molecular weight excluding hydrogens is 254 g/mol. The maximum atomic E-state index is 12.3. The molecule has 2 aromatic rings. The van der Waals surface area contributed by atoms with Gasteiger partial charge in [0.1, 0.15) is 0 Å². The van der Waals surface area contributed by atoms with E-state index in [4.69, 9.17) is 4.74 Å². The summed E-state index contributed by atoms with van der Waals surface area (Å²) in [5, 5.41) is 0.880. The van der Waals surface area contributed by atoms with E-state index in [2.05, 4.69) is 4.98 Å². The van der Waals surface area contributed by atoms with Crippen LogP contribution in [0.25, 0.3) is 10.9 Å². The zero-order valence-electron chi connectivity index (χ0n) is 11.6. The topological polar surface area (TPSA) is 59.2 Å². The lowest BCUT2D eigenvalue weighted by Crippen LogP contribution is -2.16. The molecule has 1 aliphatic carbocycles. The minimum absolute atomic E-state index is 0.00753. The smallest absolute Gasteiger partial charge is 0.309 e. The summed E-state index contributed by atoms with van der Waals surface area (Å²) >= 11 is 0. The third-order valence-electron chi connectivity index (χ3n) is 3.93. The minimum Gasteiger partial charge on any atom is -0.457 e. The van der Waals surface area contributed by atoms with Crippen LogP contribution >= 0.6 is 0 Å². The lowest BCUT2D eigenvalue weighted by Gasteiger charge is -2.04. The number of ether oxygens (including phenoxy) is 1. The zero-order valence-corrected chi connectivity index (χ0v) is 11.6. The standard InChI is InChI=1S/C16H17NO3/c1-9-7-12(9)16(19)20-8-14(18)15-10(2)17-13-6-4-3-5-11(13)15/h3-6,9,12,17H,7-8H2,1-2H3/t9-,12-/m0/s1. The highest BCUT2D eigenvalue weighted by Crippen LogP contribution is 2.38. The minimum atomic E-state index is -0.247. The van der Waals surface area contributed by atoms with Crippen LogP contribution in [-0.2, 0) is 9.53 Å². The number of nitrogens with one attached hydrogen (secondary N) is 1. The van der Waals surface area contributed by atoms with Crippen LogP contribution < -0.4 is 0 Å². The molecule has 1 aromatic carbocycles. The summed E-state index contributed by atoms with van der Waals surface area (Å²) in [6, 6.07) is 7.64. The Morgan fingerprint density at radius 3 is 2.75 bits per heavy atom. The van der Waals surface area contributed by atoms with Crippen LogP contribution in [0.1, 0.15) is 29.4 Å². The highest BCUT2D eigenvalue weighted by atomic mass is 16.5. The maximum absolute atomic E-state index is 12.3. The number of hydrogen-bond donors (Lipinski definition) is 1. The van der Waals surface area contributed by atoms with E-state index in [0.717, 1.165) is 23.0 Å². The number of esters is 1. The predicted molar refractivity (Wildman–Crippen MR) is 75.6 cm³/mol. The average molecular weight is 271 g/mol. The van der Waals surface area contributed by atoms with Crippen molar-refractivity contribution in [3.8, 4) is 0 Å². The molecule has 2 atom stereocenters. The molecule has 3 rings (SSSR count). The molecule has 4 nitrogen and oxygen atoms in total. The normalized spacial score (nSPS) is 20.9. The highest BCUT2D eigenvalue weighted by molar-refractivity contribution is 6.10. The largest absolute Gasteiger partial charge is 0.457 e. The van der Waals surface area contributed by atoms with Gasteiger partial charge in [-0.3, -0.25) is 9.59 Å². The van der Waals surface area contributed by atoms with Crippen LogP contribution in [0.5, 0.6) is 0 Å². The second-order valence-electron chi connectivity index (χ2n) is 5.52. The molecule has 0 spiro atoms. The van der Waals surface area contributed by atoms with Gasteiger partial charge < -0.3 is 9.72 Å². The van der Waals surface area contributed by atoms with E-state index < -0.39 is 0 Å². The summed E-state index contributed by atoms with van der Waals surface area (Å²) in [5.41, 5.74) is 2.36. The van der Waals surface area contributed by atoms with E-state index >= 15 is 0 Å². The summed E-state index contributed by atoms with van der Waals surface area (Å²) in [7, 11) is 0. The molecule has 104 valence electrons. The molecule has 1 saturated carbocycles. The van der Waals surface area contributed by atoms with E-state index in [1.807, 2.05) is 38.1 Å². The molecule has 0 saturated heterocycles. The number of rotatable bonds is 4. The monoisotopic (exact) mass is 271 g/mol. The van der Waals surface area contributed by atoms with Crippen LogP contribution in [0.15, 0.2) is 24.3 Å². The first kappa shape index (κ1) is 12.9. The van der Waals surface area contributed by atoms with Crippen LogP contribution in [0, 0.1) is 18.8 Å². The first-order valence-corrected chi connectivity index (χ1v) is 6.85. The van der Waals surface area contributed by atoms with Crippen molar-refractivity contribution in [2.75, 3.05) is 6.61 Å². The molecule has 1 fully saturated rings. The van der Waals surface area contributed by atoms with Crippen molar-refractivity contribution in [1.82, 2.24) is 4.98 Å². The van der Waals surface area contributed by atoms with Crippen molar-refractivity contribution in [2.24, 2.45) is 11.8 Å². The number of para-hydroxylation sites is 1. The Balaban J connectivity index is 1.75. The number of aryl methyl sites for hydroxylation is 1. The number of ketones is 1. The number of carbonyl (C=O) groups is 2. The maximum Gasteiger partial charge on any atom is 0.309 e. The molecule has 20 heavy (non-hydrogen) atoms. The molecule has 4 heteroatoms. The molecule has 0 bridgehead atoms. The average Bonchev–Trinajstić information content (AvgIpc) is 3.05. The van der Waals surface area contributed by atoms with Crippen LogP contribution in [-0.4, -0.2) is 23.3 Å². The van der Waals surface area contributed by atoms with E-state index in [1.165, 1.54) is 0 Å². The fourth-order valence-corrected chi connectivity index (χ4v) is 2.60. The Labute approximate surface area is 117 Å². The molecular formula is C16H17NO3. The number of aromatic nitrogens is 1. The van der Waals surface area contributed by atoms with Crippen LogP contribution in [0.3, 0.4) is 0 Å². The number of carbonyl (C=O) groups excluding carboxylic acids is 2. The van der Waals surface area contributed by atoms with Crippen molar-refractivity contribution in [2.45, 2.75) is 20.3 Å². The second-order valence-corrected chi connectivity index (χ2v) is 5.52. The van der Waals surface area contributed by atoms with Crippen molar-refractivity contribution < 1.29 is 14.3 Å². The number of benzene rings is 1. The molecule has 0 aliphatic heterocycles. The Bertz CT molecular complexity index is 686. The first-order chi connectivity index (χ1) is 9.58. The van der Waals surface area contributed by atoms with Crippen LogP contribution in [0.2, 0.25) is 0 Å². The molecule has 0 amide bonds. The SMILES string of the molecule is Cc1[nH]c2ccccc2c1C(=O)COC(=O)[C@H]1C[C@@H]1C. The predicted octanol–water partition coefficient (Wildman–Crippen LogP) is 2.86. The van der Waals surface area contributed by atoms with Crippen molar-refractivity contribution in [3.63, 3.8) is 0 Å². The van der Waals surface area contributed by atoms with Crippen molar-refractivity contribution in [1.29, 1.82) is 0 Å². The van der Waals surface area contributed by atoms with Gasteiger partial charge in [0.2, 0.25) is 5.78 Å². The Morgan fingerprint density at radius 2 is 2.05 bits per heavy atom. The number of fused-ring (bicyclic) bond motifs is 1. The number of aromatic amines is 1. The fourth-order valence-electron chi connectivity index (χ4n) is 2.60. The van der Waals surface area contributed by atoms with Crippen molar-refractivity contribution >= 4 is 22.7 Å². The van der Waals surface area contributed by atoms with E-state index in [0.29, 0.717) is 11.5 Å². The van der Waals surface area contributed by atoms with Gasteiger partial charge in [0.25, 0.3) is 0 Å². The van der Waals surface area contributed by atoms with Gasteiger partial charge in [0.15, 0.2) is 6.61 Å². The lowest BCUT2D eigenvalue weighted by molar-refractivity contribution is -0.144. The number of hydrogen-bond acceptors (Lipinski definition) is 3. The highest BCUT2D eigenvalue weighted by Gasteiger charge is 2.40. The lowest BCUT2D eigenvalue weighted by atomic mass is 10.1. The van der Waals surface area contributed by atoms with Gasteiger partial charge in [-0.25, -0.2) is 0 Å². The number of Topliss-reactive ketones (excluding diaryl/α,β-unsaturated/α-hetero) is 1.